The van der Waals surface area contributed by atoms with Gasteiger partial charge in [-0.25, -0.2) is 17.7 Å². The third kappa shape index (κ3) is 3.91. The molecule has 4 aliphatic rings. The number of hydrogen-bond acceptors (Lipinski definition) is 4. The van der Waals surface area contributed by atoms with Crippen LogP contribution in [0.4, 0.5) is 9.18 Å². The number of fused-ring (bicyclic) bond motifs is 2. The number of carbonyl (C=O) groups is 2. The zero-order valence-corrected chi connectivity index (χ0v) is 19.3. The number of nitrogens with one attached hydrogen (secondary N) is 1. The Morgan fingerprint density at radius 3 is 2.62 bits per heavy atom. The van der Waals surface area contributed by atoms with Gasteiger partial charge < -0.3 is 19.9 Å². The van der Waals surface area contributed by atoms with Crippen molar-refractivity contribution in [1.82, 2.24) is 19.4 Å². The summed E-state index contributed by atoms with van der Waals surface area (Å²) in [6, 6.07) is 3.68. The van der Waals surface area contributed by atoms with Crippen molar-refractivity contribution < 1.29 is 22.9 Å². The molecule has 5 atom stereocenters. The number of carbonyl (C=O) groups excluding carboxylic acids is 2. The van der Waals surface area contributed by atoms with Crippen LogP contribution in [0.2, 0.25) is 5.02 Å². The molecule has 8 nitrogen and oxygen atoms in total. The number of hydrogen-bond donors (Lipinski definition) is 1. The first-order valence-electron chi connectivity index (χ1n) is 10.8. The van der Waals surface area contributed by atoms with Crippen LogP contribution in [0.5, 0.6) is 0 Å². The Morgan fingerprint density at radius 1 is 1.22 bits per heavy atom. The summed E-state index contributed by atoms with van der Waals surface area (Å²) in [5.74, 6) is -0.141. The van der Waals surface area contributed by atoms with Gasteiger partial charge in [0.15, 0.2) is 0 Å². The molecule has 0 aliphatic carbocycles. The van der Waals surface area contributed by atoms with E-state index in [1.807, 2.05) is 16.1 Å². The minimum atomic E-state index is -1.46. The summed E-state index contributed by atoms with van der Waals surface area (Å²) >= 11 is 6.09. The molecule has 0 aromatic heterocycles. The van der Waals surface area contributed by atoms with Gasteiger partial charge in [0.2, 0.25) is 5.91 Å². The van der Waals surface area contributed by atoms with Crippen LogP contribution < -0.4 is 5.32 Å². The van der Waals surface area contributed by atoms with Crippen molar-refractivity contribution in [2.75, 3.05) is 45.9 Å². The normalized spacial score (nSPS) is 33.6. The molecule has 0 spiro atoms. The Labute approximate surface area is 193 Å². The van der Waals surface area contributed by atoms with E-state index in [1.54, 1.807) is 4.90 Å². The topological polar surface area (TPSA) is 82.2 Å². The van der Waals surface area contributed by atoms with Gasteiger partial charge in [0.25, 0.3) is 0 Å². The standard InChI is InChI=1S/C21H26ClFN4O4S/c1-21-4-5-25(11-18(21)24-19(28)12-31-21)20(29)26-7-13-9-27(10-14(13)8-26)32(30)17-3-2-15(23)6-16(17)22/h2-3,6,13-14,18H,4-5,7-12H2,1H3,(H,24,28)/t13?,14?,18-,21+,32?/m1/s1. The maximum absolute atomic E-state index is 13.3. The molecule has 32 heavy (non-hydrogen) atoms. The molecule has 3 amide bonds. The fraction of sp³-hybridized carbons (Fsp3) is 0.619. The van der Waals surface area contributed by atoms with Gasteiger partial charge in [-0.3, -0.25) is 4.79 Å². The molecule has 11 heteroatoms. The lowest BCUT2D eigenvalue weighted by molar-refractivity contribution is -0.156. The number of benzene rings is 1. The van der Waals surface area contributed by atoms with Crippen LogP contribution in [0.15, 0.2) is 23.1 Å². The smallest absolute Gasteiger partial charge is 0.320 e. The van der Waals surface area contributed by atoms with Gasteiger partial charge >= 0.3 is 6.03 Å². The van der Waals surface area contributed by atoms with E-state index < -0.39 is 22.4 Å². The number of halogens is 2. The second-order valence-corrected chi connectivity index (χ2v) is 11.2. The number of rotatable bonds is 2. The summed E-state index contributed by atoms with van der Waals surface area (Å²) in [6.07, 6.45) is 0.676. The van der Waals surface area contributed by atoms with Crippen molar-refractivity contribution in [1.29, 1.82) is 0 Å². The van der Waals surface area contributed by atoms with Crippen LogP contribution in [-0.4, -0.2) is 87.8 Å². The number of nitrogens with zero attached hydrogens (tertiary/aromatic N) is 3. The van der Waals surface area contributed by atoms with Crippen LogP contribution in [0.1, 0.15) is 13.3 Å². The molecule has 0 bridgehead atoms. The van der Waals surface area contributed by atoms with Gasteiger partial charge in [-0.2, -0.15) is 0 Å². The van der Waals surface area contributed by atoms with Crippen molar-refractivity contribution in [2.45, 2.75) is 29.9 Å². The number of urea groups is 1. The van der Waals surface area contributed by atoms with E-state index in [4.69, 9.17) is 16.3 Å². The summed E-state index contributed by atoms with van der Waals surface area (Å²) in [7, 11) is -1.46. The maximum Gasteiger partial charge on any atom is 0.320 e. The van der Waals surface area contributed by atoms with Gasteiger partial charge in [0.05, 0.1) is 21.6 Å². The fourth-order valence-corrected chi connectivity index (χ4v) is 6.95. The zero-order valence-electron chi connectivity index (χ0n) is 17.8. The lowest BCUT2D eigenvalue weighted by Gasteiger charge is -2.48. The summed E-state index contributed by atoms with van der Waals surface area (Å²) in [5, 5.41) is 3.13. The Balaban J connectivity index is 1.19. The predicted molar refractivity (Wildman–Crippen MR) is 116 cm³/mol. The quantitative estimate of drug-likeness (QED) is 0.689. The molecule has 0 radical (unpaired) electrons. The van der Waals surface area contributed by atoms with Crippen molar-refractivity contribution >= 4 is 34.5 Å². The van der Waals surface area contributed by atoms with Gasteiger partial charge in [-0.05, 0) is 43.4 Å². The minimum Gasteiger partial charge on any atom is -0.363 e. The molecule has 3 unspecified atom stereocenters. The summed E-state index contributed by atoms with van der Waals surface area (Å²) in [5.41, 5.74) is -0.432. The maximum atomic E-state index is 13.3. The Hall–Kier alpha value is -1.75. The molecule has 0 saturated carbocycles. The van der Waals surface area contributed by atoms with E-state index >= 15 is 0 Å². The molecule has 5 rings (SSSR count). The highest BCUT2D eigenvalue weighted by atomic mass is 35.5. The van der Waals surface area contributed by atoms with Gasteiger partial charge in [-0.15, -0.1) is 0 Å². The van der Waals surface area contributed by atoms with E-state index in [1.165, 1.54) is 18.2 Å². The van der Waals surface area contributed by atoms with Crippen LogP contribution in [0.3, 0.4) is 0 Å². The van der Waals surface area contributed by atoms with Crippen molar-refractivity contribution in [2.24, 2.45) is 11.8 Å². The molecule has 1 N–H and O–H groups in total. The fourth-order valence-electron chi connectivity index (χ4n) is 5.24. The first-order chi connectivity index (χ1) is 15.2. The number of ether oxygens (including phenoxy) is 1. The summed E-state index contributed by atoms with van der Waals surface area (Å²) in [6.45, 7) is 5.49. The van der Waals surface area contributed by atoms with Gasteiger partial charge in [0, 0.05) is 39.3 Å². The molecule has 1 aromatic rings. The van der Waals surface area contributed by atoms with E-state index in [0.717, 1.165) is 0 Å². The Kier molecular flexibility index (Phi) is 5.68. The number of likely N-dealkylation sites (tertiary alicyclic amines) is 2. The van der Waals surface area contributed by atoms with Crippen molar-refractivity contribution in [3.05, 3.63) is 29.0 Å². The van der Waals surface area contributed by atoms with E-state index in [9.17, 15) is 18.2 Å². The molecule has 4 heterocycles. The molecule has 4 fully saturated rings. The highest BCUT2D eigenvalue weighted by Crippen LogP contribution is 2.36. The van der Waals surface area contributed by atoms with Crippen LogP contribution in [-0.2, 0) is 20.5 Å². The number of piperidine rings is 1. The number of amides is 3. The van der Waals surface area contributed by atoms with Crippen LogP contribution in [0.25, 0.3) is 0 Å². The monoisotopic (exact) mass is 484 g/mol. The summed E-state index contributed by atoms with van der Waals surface area (Å²) < 4.78 is 33.9. The Bertz CT molecular complexity index is 969. The summed E-state index contributed by atoms with van der Waals surface area (Å²) in [4.78, 5) is 29.0. The molecular formula is C21H26ClFN4O4S. The highest BCUT2D eigenvalue weighted by Gasteiger charge is 2.48. The molecule has 4 aliphatic heterocycles. The van der Waals surface area contributed by atoms with E-state index in [0.29, 0.717) is 50.6 Å². The largest absolute Gasteiger partial charge is 0.363 e. The molecule has 1 aromatic carbocycles. The second-order valence-electron chi connectivity index (χ2n) is 9.30. The third-order valence-electron chi connectivity index (χ3n) is 7.20. The lowest BCUT2D eigenvalue weighted by atomic mass is 9.87. The van der Waals surface area contributed by atoms with Gasteiger partial charge in [0.1, 0.15) is 23.4 Å². The number of morpholine rings is 1. The third-order valence-corrected chi connectivity index (χ3v) is 9.12. The lowest BCUT2D eigenvalue weighted by Crippen LogP contribution is -2.67. The second kappa shape index (κ2) is 8.23. The average molecular weight is 485 g/mol. The van der Waals surface area contributed by atoms with Crippen LogP contribution in [0, 0.1) is 17.7 Å². The SMILES string of the molecule is C[C@]12CCN(C(=O)N3CC4CN(S(=O)c5ccc(F)cc5Cl)CC4C3)C[C@H]1NC(=O)CO2. The average Bonchev–Trinajstić information content (AvgIpc) is 3.32. The predicted octanol–water partition coefficient (Wildman–Crippen LogP) is 1.46. The van der Waals surface area contributed by atoms with Gasteiger partial charge in [-0.1, -0.05) is 11.6 Å². The molecular weight excluding hydrogens is 459 g/mol. The first-order valence-corrected chi connectivity index (χ1v) is 12.3. The minimum absolute atomic E-state index is 0.0180. The van der Waals surface area contributed by atoms with E-state index in [-0.39, 0.29) is 41.4 Å². The zero-order chi connectivity index (χ0) is 22.6. The Morgan fingerprint density at radius 2 is 1.94 bits per heavy atom. The highest BCUT2D eigenvalue weighted by molar-refractivity contribution is 7.82. The molecule has 4 saturated heterocycles. The first kappa shape index (κ1) is 22.1. The van der Waals surface area contributed by atoms with Crippen molar-refractivity contribution in [3.8, 4) is 0 Å². The van der Waals surface area contributed by atoms with Crippen LogP contribution >= 0.6 is 11.6 Å². The molecule has 174 valence electrons. The van der Waals surface area contributed by atoms with Crippen molar-refractivity contribution in [3.63, 3.8) is 0 Å². The van der Waals surface area contributed by atoms with E-state index in [2.05, 4.69) is 5.32 Å².